The van der Waals surface area contributed by atoms with Gasteiger partial charge in [0, 0.05) is 6.92 Å². The lowest BCUT2D eigenvalue weighted by atomic mass is 10.3. The first-order valence-corrected chi connectivity index (χ1v) is 3.41. The third kappa shape index (κ3) is 1.89. The van der Waals surface area contributed by atoms with E-state index in [2.05, 4.69) is 5.92 Å². The minimum Gasteiger partial charge on any atom is -0.464 e. The van der Waals surface area contributed by atoms with Gasteiger partial charge in [-0.3, -0.25) is 4.79 Å². The zero-order chi connectivity index (χ0) is 8.97. The number of rotatable bonds is 2. The maximum Gasteiger partial charge on any atom is 0.304 e. The summed E-state index contributed by atoms with van der Waals surface area (Å²) in [5.74, 6) is 2.34. The lowest BCUT2D eigenvalue weighted by Crippen LogP contribution is -2.05. The first kappa shape index (κ1) is 8.41. The molecule has 0 amide bonds. The molecule has 0 aliphatic heterocycles. The summed E-state index contributed by atoms with van der Waals surface area (Å²) in [4.78, 5) is 10.5. The van der Waals surface area contributed by atoms with Gasteiger partial charge in [0.15, 0.2) is 5.76 Å². The molecule has 0 aliphatic carbocycles. The quantitative estimate of drug-likeness (QED) is 0.491. The molecule has 0 N–H and O–H groups in total. The van der Waals surface area contributed by atoms with Crippen molar-refractivity contribution in [3.8, 4) is 12.3 Å². The summed E-state index contributed by atoms with van der Waals surface area (Å²) in [5, 5.41) is 0. The highest BCUT2D eigenvalue weighted by atomic mass is 16.5. The summed E-state index contributed by atoms with van der Waals surface area (Å²) in [5.41, 5.74) is 0. The van der Waals surface area contributed by atoms with Crippen molar-refractivity contribution in [1.29, 1.82) is 0 Å². The minimum atomic E-state index is -0.711. The van der Waals surface area contributed by atoms with Crippen molar-refractivity contribution in [1.82, 2.24) is 0 Å². The van der Waals surface area contributed by atoms with Crippen LogP contribution in [-0.2, 0) is 9.53 Å². The van der Waals surface area contributed by atoms with E-state index in [1.165, 1.54) is 13.2 Å². The molecule has 1 unspecified atom stereocenters. The number of hydrogen-bond donors (Lipinski definition) is 0. The fraction of sp³-hybridized carbons (Fsp3) is 0.222. The Labute approximate surface area is 70.3 Å². The van der Waals surface area contributed by atoms with Gasteiger partial charge in [-0.2, -0.15) is 0 Å². The number of ether oxygens (including phenoxy) is 1. The van der Waals surface area contributed by atoms with Crippen LogP contribution in [-0.4, -0.2) is 5.97 Å². The highest BCUT2D eigenvalue weighted by molar-refractivity contribution is 5.66. The Bertz CT molecular complexity index is 292. The predicted octanol–water partition coefficient (Wildman–Crippen LogP) is 1.52. The Balaban J connectivity index is 2.72. The van der Waals surface area contributed by atoms with Crippen LogP contribution < -0.4 is 0 Å². The summed E-state index contributed by atoms with van der Waals surface area (Å²) in [7, 11) is 0. The van der Waals surface area contributed by atoms with Crippen molar-refractivity contribution < 1.29 is 13.9 Å². The SMILES string of the molecule is C#CC(OC(C)=O)c1ccco1. The van der Waals surface area contributed by atoms with Crippen molar-refractivity contribution >= 4 is 5.97 Å². The van der Waals surface area contributed by atoms with E-state index < -0.39 is 12.1 Å². The largest absolute Gasteiger partial charge is 0.464 e. The first-order valence-electron chi connectivity index (χ1n) is 3.41. The normalized spacial score (nSPS) is 11.7. The van der Waals surface area contributed by atoms with E-state index in [-0.39, 0.29) is 0 Å². The molecule has 0 saturated carbocycles. The third-order valence-electron chi connectivity index (χ3n) is 1.24. The van der Waals surface area contributed by atoms with E-state index in [0.717, 1.165) is 0 Å². The molecule has 12 heavy (non-hydrogen) atoms. The summed E-state index contributed by atoms with van der Waals surface area (Å²) in [6.07, 6.45) is 5.89. The molecule has 1 aromatic rings. The lowest BCUT2D eigenvalue weighted by Gasteiger charge is -2.06. The average molecular weight is 164 g/mol. The summed E-state index contributed by atoms with van der Waals surface area (Å²) >= 11 is 0. The van der Waals surface area contributed by atoms with Gasteiger partial charge in [-0.15, -0.1) is 6.42 Å². The molecular weight excluding hydrogens is 156 g/mol. The second-order valence-corrected chi connectivity index (χ2v) is 2.17. The average Bonchev–Trinajstić information content (AvgIpc) is 2.51. The molecule has 3 nitrogen and oxygen atoms in total. The van der Waals surface area contributed by atoms with Crippen LogP contribution >= 0.6 is 0 Å². The zero-order valence-electron chi connectivity index (χ0n) is 6.61. The molecule has 1 atom stereocenters. The van der Waals surface area contributed by atoms with Gasteiger partial charge < -0.3 is 9.15 Å². The molecule has 0 aromatic carbocycles. The molecule has 0 aliphatic rings. The standard InChI is InChI=1S/C9H8O3/c1-3-8(12-7(2)10)9-5-4-6-11-9/h1,4-6,8H,2H3. The van der Waals surface area contributed by atoms with Gasteiger partial charge in [0.25, 0.3) is 0 Å². The highest BCUT2D eigenvalue weighted by Crippen LogP contribution is 2.16. The van der Waals surface area contributed by atoms with Crippen LogP contribution in [0.4, 0.5) is 0 Å². The number of furan rings is 1. The zero-order valence-corrected chi connectivity index (χ0v) is 6.61. The van der Waals surface area contributed by atoms with Crippen molar-refractivity contribution in [2.24, 2.45) is 0 Å². The molecule has 0 saturated heterocycles. The van der Waals surface area contributed by atoms with Crippen molar-refractivity contribution in [2.45, 2.75) is 13.0 Å². The van der Waals surface area contributed by atoms with Gasteiger partial charge in [0.2, 0.25) is 6.10 Å². The van der Waals surface area contributed by atoms with Crippen LogP contribution in [0.2, 0.25) is 0 Å². The highest BCUT2D eigenvalue weighted by Gasteiger charge is 2.13. The summed E-state index contributed by atoms with van der Waals surface area (Å²) < 4.78 is 9.74. The van der Waals surface area contributed by atoms with Crippen molar-refractivity contribution in [3.63, 3.8) is 0 Å². The van der Waals surface area contributed by atoms with Crippen LogP contribution in [0.3, 0.4) is 0 Å². The van der Waals surface area contributed by atoms with Crippen LogP contribution in [0.1, 0.15) is 18.8 Å². The summed E-state index contributed by atoms with van der Waals surface area (Å²) in [6, 6.07) is 3.34. The van der Waals surface area contributed by atoms with Gasteiger partial charge in [-0.1, -0.05) is 5.92 Å². The van der Waals surface area contributed by atoms with Gasteiger partial charge >= 0.3 is 5.97 Å². The first-order chi connectivity index (χ1) is 5.74. The van der Waals surface area contributed by atoms with Gasteiger partial charge in [0.1, 0.15) is 0 Å². The molecule has 1 rings (SSSR count). The van der Waals surface area contributed by atoms with Crippen LogP contribution in [0.5, 0.6) is 0 Å². The maximum atomic E-state index is 10.5. The maximum absolute atomic E-state index is 10.5. The lowest BCUT2D eigenvalue weighted by molar-refractivity contribution is -0.144. The molecule has 0 radical (unpaired) electrons. The number of hydrogen-bond acceptors (Lipinski definition) is 3. The van der Waals surface area contributed by atoms with Crippen molar-refractivity contribution in [3.05, 3.63) is 24.2 Å². The molecule has 0 spiro atoms. The second-order valence-electron chi connectivity index (χ2n) is 2.17. The molecular formula is C9H8O3. The van der Waals surface area contributed by atoms with E-state index in [9.17, 15) is 4.79 Å². The van der Waals surface area contributed by atoms with E-state index in [1.54, 1.807) is 12.1 Å². The molecule has 3 heteroatoms. The topological polar surface area (TPSA) is 39.4 Å². The Morgan fingerprint density at radius 3 is 3.00 bits per heavy atom. The molecule has 1 aromatic heterocycles. The van der Waals surface area contributed by atoms with Crippen LogP contribution in [0.15, 0.2) is 22.8 Å². The molecule has 0 bridgehead atoms. The van der Waals surface area contributed by atoms with Crippen LogP contribution in [0.25, 0.3) is 0 Å². The number of esters is 1. The Hall–Kier alpha value is -1.69. The number of carbonyl (C=O) groups excluding carboxylic acids is 1. The Kier molecular flexibility index (Phi) is 2.54. The molecule has 62 valence electrons. The third-order valence-corrected chi connectivity index (χ3v) is 1.24. The summed E-state index contributed by atoms with van der Waals surface area (Å²) in [6.45, 7) is 1.30. The fourth-order valence-corrected chi connectivity index (χ4v) is 0.781. The van der Waals surface area contributed by atoms with E-state index in [0.29, 0.717) is 5.76 Å². The van der Waals surface area contributed by atoms with Gasteiger partial charge in [0.05, 0.1) is 6.26 Å². The van der Waals surface area contributed by atoms with E-state index >= 15 is 0 Å². The minimum absolute atomic E-state index is 0.422. The number of carbonyl (C=O) groups is 1. The predicted molar refractivity (Wildman–Crippen MR) is 42.0 cm³/mol. The molecule has 1 heterocycles. The monoisotopic (exact) mass is 164 g/mol. The Morgan fingerprint density at radius 1 is 1.83 bits per heavy atom. The van der Waals surface area contributed by atoms with E-state index in [4.69, 9.17) is 15.6 Å². The number of terminal acetylenes is 1. The molecule has 0 fully saturated rings. The van der Waals surface area contributed by atoms with E-state index in [1.807, 2.05) is 0 Å². The van der Waals surface area contributed by atoms with Gasteiger partial charge in [-0.25, -0.2) is 0 Å². The second kappa shape index (κ2) is 3.63. The Morgan fingerprint density at radius 2 is 2.58 bits per heavy atom. The van der Waals surface area contributed by atoms with Gasteiger partial charge in [-0.05, 0) is 12.1 Å². The smallest absolute Gasteiger partial charge is 0.304 e. The fourth-order valence-electron chi connectivity index (χ4n) is 0.781. The van der Waals surface area contributed by atoms with Crippen molar-refractivity contribution in [2.75, 3.05) is 0 Å². The van der Waals surface area contributed by atoms with Crippen LogP contribution in [0, 0.1) is 12.3 Å².